The van der Waals surface area contributed by atoms with E-state index in [9.17, 15) is 4.79 Å². The van der Waals surface area contributed by atoms with Crippen LogP contribution in [0.25, 0.3) is 6.08 Å². The van der Waals surface area contributed by atoms with Gasteiger partial charge in [-0.05, 0) is 18.9 Å². The summed E-state index contributed by atoms with van der Waals surface area (Å²) in [5.41, 5.74) is 1.66. The van der Waals surface area contributed by atoms with Gasteiger partial charge in [0.1, 0.15) is 5.15 Å². The summed E-state index contributed by atoms with van der Waals surface area (Å²) in [6, 6.07) is 0. The average Bonchev–Trinajstić information content (AvgIpc) is 2.94. The van der Waals surface area contributed by atoms with Crippen molar-refractivity contribution in [3.8, 4) is 0 Å². The summed E-state index contributed by atoms with van der Waals surface area (Å²) >= 11 is 6.03. The fourth-order valence-corrected chi connectivity index (χ4v) is 1.70. The highest BCUT2D eigenvalue weighted by molar-refractivity contribution is 6.31. The molecule has 1 saturated carbocycles. The minimum atomic E-state index is -0.975. The van der Waals surface area contributed by atoms with E-state index in [-0.39, 0.29) is 0 Å². The molecule has 1 aromatic heterocycles. The van der Waals surface area contributed by atoms with Crippen molar-refractivity contribution < 1.29 is 9.90 Å². The van der Waals surface area contributed by atoms with Crippen LogP contribution in [0, 0.1) is 0 Å². The Morgan fingerprint density at radius 2 is 2.33 bits per heavy atom. The van der Waals surface area contributed by atoms with E-state index in [0.717, 1.165) is 30.2 Å². The predicted molar refractivity (Wildman–Crippen MR) is 56.9 cm³/mol. The number of hydrogen-bond donors (Lipinski definition) is 1. The van der Waals surface area contributed by atoms with Crippen LogP contribution in [0.5, 0.6) is 0 Å². The third kappa shape index (κ3) is 2.04. The molecule has 5 heteroatoms. The van der Waals surface area contributed by atoms with Gasteiger partial charge >= 0.3 is 5.97 Å². The lowest BCUT2D eigenvalue weighted by molar-refractivity contribution is -0.131. The van der Waals surface area contributed by atoms with Crippen molar-refractivity contribution in [3.63, 3.8) is 0 Å². The number of aromatic nitrogens is 2. The molecular weight excluding hydrogens is 216 g/mol. The third-order valence-corrected chi connectivity index (χ3v) is 2.84. The second-order valence-electron chi connectivity index (χ2n) is 3.66. The van der Waals surface area contributed by atoms with E-state index in [4.69, 9.17) is 16.7 Å². The predicted octanol–water partition coefficient (Wildman–Crippen LogP) is 2.05. The first-order valence-electron chi connectivity index (χ1n) is 4.73. The number of hydrogen-bond acceptors (Lipinski definition) is 2. The molecule has 4 nitrogen and oxygen atoms in total. The molecule has 1 fully saturated rings. The van der Waals surface area contributed by atoms with Crippen molar-refractivity contribution in [2.45, 2.75) is 18.8 Å². The molecular formula is C10H11ClN2O2. The summed E-state index contributed by atoms with van der Waals surface area (Å²) in [6.45, 7) is 0. The van der Waals surface area contributed by atoms with Gasteiger partial charge in [-0.1, -0.05) is 11.6 Å². The van der Waals surface area contributed by atoms with Crippen molar-refractivity contribution >= 4 is 23.6 Å². The van der Waals surface area contributed by atoms with Crippen LogP contribution in [0.2, 0.25) is 5.15 Å². The number of carboxylic acids is 1. The molecule has 1 aliphatic rings. The number of carboxylic acid groups (broad SMARTS) is 1. The molecule has 0 bridgehead atoms. The highest BCUT2D eigenvalue weighted by Crippen LogP contribution is 2.42. The summed E-state index contributed by atoms with van der Waals surface area (Å²) < 4.78 is 1.58. The van der Waals surface area contributed by atoms with E-state index in [1.807, 2.05) is 0 Å². The Bertz CT molecular complexity index is 433. The van der Waals surface area contributed by atoms with Crippen molar-refractivity contribution in [1.29, 1.82) is 0 Å². The third-order valence-electron chi connectivity index (χ3n) is 2.40. The fraction of sp³-hybridized carbons (Fsp3) is 0.400. The van der Waals surface area contributed by atoms with Gasteiger partial charge < -0.3 is 5.11 Å². The molecule has 2 rings (SSSR count). The second-order valence-corrected chi connectivity index (χ2v) is 4.02. The first kappa shape index (κ1) is 10.2. The molecule has 0 saturated heterocycles. The van der Waals surface area contributed by atoms with Gasteiger partial charge in [0.2, 0.25) is 0 Å². The lowest BCUT2D eigenvalue weighted by Gasteiger charge is -1.93. The molecule has 0 spiro atoms. The zero-order chi connectivity index (χ0) is 11.0. The molecule has 15 heavy (non-hydrogen) atoms. The lowest BCUT2D eigenvalue weighted by atomic mass is 10.1. The summed E-state index contributed by atoms with van der Waals surface area (Å²) in [4.78, 5) is 10.4. The van der Waals surface area contributed by atoms with E-state index in [1.165, 1.54) is 6.08 Å². The maximum Gasteiger partial charge on any atom is 0.328 e. The molecule has 0 aromatic carbocycles. The Labute approximate surface area is 92.2 Å². The molecule has 0 amide bonds. The van der Waals surface area contributed by atoms with Gasteiger partial charge in [0.15, 0.2) is 0 Å². The van der Waals surface area contributed by atoms with Crippen LogP contribution in [0.4, 0.5) is 0 Å². The zero-order valence-electron chi connectivity index (χ0n) is 8.27. The van der Waals surface area contributed by atoms with Crippen LogP contribution < -0.4 is 0 Å². The summed E-state index contributed by atoms with van der Waals surface area (Å²) in [7, 11) is 1.76. The van der Waals surface area contributed by atoms with E-state index in [0.29, 0.717) is 11.1 Å². The van der Waals surface area contributed by atoms with E-state index in [1.54, 1.807) is 11.7 Å². The van der Waals surface area contributed by atoms with Crippen molar-refractivity contribution in [2.24, 2.45) is 7.05 Å². The van der Waals surface area contributed by atoms with Gasteiger partial charge in [0.05, 0.1) is 5.69 Å². The Morgan fingerprint density at radius 1 is 1.67 bits per heavy atom. The van der Waals surface area contributed by atoms with Gasteiger partial charge in [-0.25, -0.2) is 4.79 Å². The van der Waals surface area contributed by atoms with Crippen LogP contribution in [0.15, 0.2) is 6.08 Å². The quantitative estimate of drug-likeness (QED) is 0.803. The maximum absolute atomic E-state index is 10.4. The van der Waals surface area contributed by atoms with Crippen LogP contribution in [-0.2, 0) is 11.8 Å². The first-order valence-corrected chi connectivity index (χ1v) is 5.10. The molecule has 0 aliphatic heterocycles. The maximum atomic E-state index is 10.4. The molecule has 80 valence electrons. The summed E-state index contributed by atoms with van der Waals surface area (Å²) in [5, 5.41) is 13.3. The monoisotopic (exact) mass is 226 g/mol. The van der Waals surface area contributed by atoms with Crippen LogP contribution in [0.1, 0.15) is 30.0 Å². The number of halogens is 1. The molecule has 1 N–H and O–H groups in total. The van der Waals surface area contributed by atoms with Crippen LogP contribution in [-0.4, -0.2) is 20.9 Å². The van der Waals surface area contributed by atoms with Gasteiger partial charge in [-0.3, -0.25) is 4.68 Å². The minimum absolute atomic E-state index is 0.456. The van der Waals surface area contributed by atoms with Crippen LogP contribution in [0.3, 0.4) is 0 Å². The number of nitrogens with zero attached hydrogens (tertiary/aromatic N) is 2. The molecule has 1 heterocycles. The molecule has 0 unspecified atom stereocenters. The lowest BCUT2D eigenvalue weighted by Crippen LogP contribution is -1.90. The topological polar surface area (TPSA) is 55.1 Å². The SMILES string of the molecule is Cn1nc(C2CC2)c(C=CC(=O)O)c1Cl. The number of carbonyl (C=O) groups is 1. The minimum Gasteiger partial charge on any atom is -0.478 e. The Morgan fingerprint density at radius 3 is 2.87 bits per heavy atom. The van der Waals surface area contributed by atoms with Crippen LogP contribution >= 0.6 is 11.6 Å². The van der Waals surface area contributed by atoms with Gasteiger partial charge in [-0.2, -0.15) is 5.10 Å². The Kier molecular flexibility index (Phi) is 2.52. The smallest absolute Gasteiger partial charge is 0.328 e. The fourth-order valence-electron chi connectivity index (χ4n) is 1.51. The average molecular weight is 227 g/mol. The number of rotatable bonds is 3. The van der Waals surface area contributed by atoms with E-state index < -0.39 is 5.97 Å². The van der Waals surface area contributed by atoms with Gasteiger partial charge in [-0.15, -0.1) is 0 Å². The summed E-state index contributed by atoms with van der Waals surface area (Å²) in [6.07, 6.45) is 4.84. The Hall–Kier alpha value is -1.29. The largest absolute Gasteiger partial charge is 0.478 e. The molecule has 0 atom stereocenters. The molecule has 1 aliphatic carbocycles. The first-order chi connectivity index (χ1) is 7.09. The van der Waals surface area contributed by atoms with Gasteiger partial charge in [0.25, 0.3) is 0 Å². The summed E-state index contributed by atoms with van der Waals surface area (Å²) in [5.74, 6) is -0.520. The van der Waals surface area contributed by atoms with Gasteiger partial charge in [0, 0.05) is 24.6 Å². The standard InChI is InChI=1S/C10H11ClN2O2/c1-13-10(11)7(4-5-8(14)15)9(12-13)6-2-3-6/h4-6H,2-3H2,1H3,(H,14,15). The normalized spacial score (nSPS) is 16.1. The van der Waals surface area contributed by atoms with E-state index in [2.05, 4.69) is 5.10 Å². The number of aryl methyl sites for hydroxylation is 1. The van der Waals surface area contributed by atoms with Crippen molar-refractivity contribution in [3.05, 3.63) is 22.5 Å². The number of aliphatic carboxylic acids is 1. The van der Waals surface area contributed by atoms with E-state index >= 15 is 0 Å². The second kappa shape index (κ2) is 3.70. The van der Waals surface area contributed by atoms with Crippen molar-refractivity contribution in [1.82, 2.24) is 9.78 Å². The molecule has 0 radical (unpaired) electrons. The molecule has 1 aromatic rings. The van der Waals surface area contributed by atoms with Crippen molar-refractivity contribution in [2.75, 3.05) is 0 Å². The zero-order valence-corrected chi connectivity index (χ0v) is 9.03. The Balaban J connectivity index is 2.38. The highest BCUT2D eigenvalue weighted by atomic mass is 35.5. The highest BCUT2D eigenvalue weighted by Gasteiger charge is 2.30.